The average molecular weight is 181 g/mol. The Morgan fingerprint density at radius 2 is 1.62 bits per heavy atom. The number of hydrogen-bond donors (Lipinski definition) is 0. The third-order valence-electron chi connectivity index (χ3n) is 2.60. The predicted octanol–water partition coefficient (Wildman–Crippen LogP) is 2.00. The molecule has 0 bridgehead atoms. The summed E-state index contributed by atoms with van der Waals surface area (Å²) < 4.78 is 11.2. The molecule has 72 valence electrons. The van der Waals surface area contributed by atoms with Crippen LogP contribution >= 0.6 is 0 Å². The number of ether oxygens (including phenoxy) is 2. The molecule has 0 spiro atoms. The quantitative estimate of drug-likeness (QED) is 0.581. The summed E-state index contributed by atoms with van der Waals surface area (Å²) in [6.45, 7) is 7.92. The van der Waals surface area contributed by atoms with Gasteiger partial charge in [-0.2, -0.15) is 5.26 Å². The van der Waals surface area contributed by atoms with Gasteiger partial charge < -0.3 is 9.47 Å². The van der Waals surface area contributed by atoms with Crippen LogP contribution in [0, 0.1) is 11.3 Å². The zero-order valence-electron chi connectivity index (χ0n) is 8.50. The van der Waals surface area contributed by atoms with Gasteiger partial charge in [-0.05, 0) is 33.8 Å². The van der Waals surface area contributed by atoms with Crippen LogP contribution in [0.25, 0.3) is 0 Å². The van der Waals surface area contributed by atoms with Crippen LogP contribution in [0.15, 0.2) is 12.2 Å². The number of nitriles is 1. The highest BCUT2D eigenvalue weighted by molar-refractivity contribution is 5.06. The molecule has 0 atom stereocenters. The maximum absolute atomic E-state index is 8.34. The molecule has 1 saturated heterocycles. The molecule has 0 amide bonds. The van der Waals surface area contributed by atoms with Gasteiger partial charge in [0.15, 0.2) is 6.29 Å². The molecular formula is C10H15NO2. The molecule has 1 aliphatic heterocycles. The molecule has 0 aliphatic carbocycles. The van der Waals surface area contributed by atoms with Crippen LogP contribution in [0.2, 0.25) is 0 Å². The number of allylic oxidation sites excluding steroid dienone is 1. The van der Waals surface area contributed by atoms with Gasteiger partial charge in [0.25, 0.3) is 0 Å². The van der Waals surface area contributed by atoms with Crippen molar-refractivity contribution in [2.24, 2.45) is 0 Å². The van der Waals surface area contributed by atoms with Crippen LogP contribution in [0.5, 0.6) is 0 Å². The minimum Gasteiger partial charge on any atom is -0.340 e. The summed E-state index contributed by atoms with van der Waals surface area (Å²) >= 11 is 0. The van der Waals surface area contributed by atoms with E-state index in [-0.39, 0.29) is 11.2 Å². The average Bonchev–Trinajstić information content (AvgIpc) is 2.17. The Kier molecular flexibility index (Phi) is 2.47. The first kappa shape index (κ1) is 10.2. The summed E-state index contributed by atoms with van der Waals surface area (Å²) in [7, 11) is 0. The molecule has 0 aromatic rings. The van der Waals surface area contributed by atoms with Crippen molar-refractivity contribution in [2.45, 2.75) is 45.2 Å². The summed E-state index contributed by atoms with van der Waals surface area (Å²) in [5.74, 6) is 0. The number of hydrogen-bond acceptors (Lipinski definition) is 3. The second kappa shape index (κ2) is 3.13. The Morgan fingerprint density at radius 1 is 1.15 bits per heavy atom. The van der Waals surface area contributed by atoms with E-state index in [0.29, 0.717) is 0 Å². The third-order valence-corrected chi connectivity index (χ3v) is 2.60. The van der Waals surface area contributed by atoms with Crippen LogP contribution in [-0.2, 0) is 9.47 Å². The summed E-state index contributed by atoms with van der Waals surface area (Å²) in [4.78, 5) is 0. The Morgan fingerprint density at radius 3 is 2.00 bits per heavy atom. The summed E-state index contributed by atoms with van der Waals surface area (Å²) in [6, 6.07) is 1.91. The van der Waals surface area contributed by atoms with Gasteiger partial charge in [-0.15, -0.1) is 0 Å². The lowest BCUT2D eigenvalue weighted by atomic mass is 9.90. The summed E-state index contributed by atoms with van der Waals surface area (Å²) in [5.41, 5.74) is -0.644. The van der Waals surface area contributed by atoms with E-state index in [4.69, 9.17) is 14.7 Å². The zero-order valence-corrected chi connectivity index (χ0v) is 8.50. The topological polar surface area (TPSA) is 42.2 Å². The van der Waals surface area contributed by atoms with Crippen molar-refractivity contribution >= 4 is 0 Å². The van der Waals surface area contributed by atoms with E-state index in [1.807, 2.05) is 33.8 Å². The van der Waals surface area contributed by atoms with Gasteiger partial charge >= 0.3 is 0 Å². The first-order chi connectivity index (χ1) is 5.89. The van der Waals surface area contributed by atoms with E-state index < -0.39 is 6.29 Å². The van der Waals surface area contributed by atoms with Gasteiger partial charge in [0.1, 0.15) is 0 Å². The van der Waals surface area contributed by atoms with E-state index in [2.05, 4.69) is 0 Å². The molecule has 0 aromatic heterocycles. The molecule has 3 nitrogen and oxygen atoms in total. The Labute approximate surface area is 78.9 Å². The van der Waals surface area contributed by atoms with E-state index in [1.165, 1.54) is 6.08 Å². The second-order valence-electron chi connectivity index (χ2n) is 4.11. The number of nitrogens with zero attached hydrogens (tertiary/aromatic N) is 1. The molecule has 3 heteroatoms. The third kappa shape index (κ3) is 1.90. The van der Waals surface area contributed by atoms with E-state index in [1.54, 1.807) is 6.08 Å². The minimum absolute atomic E-state index is 0.322. The first-order valence-corrected chi connectivity index (χ1v) is 4.31. The highest BCUT2D eigenvalue weighted by atomic mass is 16.7. The van der Waals surface area contributed by atoms with E-state index in [0.717, 1.165) is 0 Å². The van der Waals surface area contributed by atoms with Gasteiger partial charge in [0.2, 0.25) is 0 Å². The van der Waals surface area contributed by atoms with Crippen LogP contribution in [0.4, 0.5) is 0 Å². The highest BCUT2D eigenvalue weighted by Gasteiger charge is 2.48. The van der Waals surface area contributed by atoms with Gasteiger partial charge in [-0.3, -0.25) is 0 Å². The van der Waals surface area contributed by atoms with Crippen molar-refractivity contribution in [3.63, 3.8) is 0 Å². The Bertz CT molecular complexity index is 245. The van der Waals surface area contributed by atoms with Gasteiger partial charge in [0, 0.05) is 6.08 Å². The molecule has 1 aliphatic rings. The van der Waals surface area contributed by atoms with Crippen molar-refractivity contribution in [2.75, 3.05) is 0 Å². The molecule has 0 N–H and O–H groups in total. The summed E-state index contributed by atoms with van der Waals surface area (Å²) in [6.07, 6.45) is 2.60. The lowest BCUT2D eigenvalue weighted by Crippen LogP contribution is -2.41. The highest BCUT2D eigenvalue weighted by Crippen LogP contribution is 2.38. The van der Waals surface area contributed by atoms with E-state index >= 15 is 0 Å². The van der Waals surface area contributed by atoms with E-state index in [9.17, 15) is 0 Å². The molecule has 1 fully saturated rings. The van der Waals surface area contributed by atoms with Crippen molar-refractivity contribution in [3.8, 4) is 6.07 Å². The smallest absolute Gasteiger partial charge is 0.179 e. The van der Waals surface area contributed by atoms with Gasteiger partial charge in [0.05, 0.1) is 17.3 Å². The van der Waals surface area contributed by atoms with Crippen molar-refractivity contribution < 1.29 is 9.47 Å². The standard InChI is InChI=1S/C10H15NO2/c1-9(2)10(3,4)13-8(12-9)6-5-7-11/h5-6,8H,1-4H3/b6-5+. The fraction of sp³-hybridized carbons (Fsp3) is 0.700. The molecule has 1 heterocycles. The van der Waals surface area contributed by atoms with Gasteiger partial charge in [-0.25, -0.2) is 0 Å². The molecule has 0 unspecified atom stereocenters. The van der Waals surface area contributed by atoms with Crippen molar-refractivity contribution in [1.29, 1.82) is 5.26 Å². The van der Waals surface area contributed by atoms with Crippen LogP contribution in [0.3, 0.4) is 0 Å². The van der Waals surface area contributed by atoms with Crippen molar-refractivity contribution in [3.05, 3.63) is 12.2 Å². The summed E-state index contributed by atoms with van der Waals surface area (Å²) in [5, 5.41) is 8.34. The fourth-order valence-electron chi connectivity index (χ4n) is 1.09. The molecule has 0 saturated carbocycles. The van der Waals surface area contributed by atoms with Crippen molar-refractivity contribution in [1.82, 2.24) is 0 Å². The first-order valence-electron chi connectivity index (χ1n) is 4.31. The zero-order chi connectivity index (χ0) is 10.1. The monoisotopic (exact) mass is 181 g/mol. The maximum atomic E-state index is 8.34. The maximum Gasteiger partial charge on any atom is 0.179 e. The normalized spacial score (nSPS) is 26.4. The largest absolute Gasteiger partial charge is 0.340 e. The lowest BCUT2D eigenvalue weighted by molar-refractivity contribution is -0.0505. The fourth-order valence-corrected chi connectivity index (χ4v) is 1.09. The molecule has 0 radical (unpaired) electrons. The molecule has 0 aromatic carbocycles. The SMILES string of the molecule is CC1(C)OC(/C=C/C#N)OC1(C)C. The second-order valence-corrected chi connectivity index (χ2v) is 4.11. The van der Waals surface area contributed by atoms with Gasteiger partial charge in [-0.1, -0.05) is 0 Å². The van der Waals surface area contributed by atoms with Crippen LogP contribution in [0.1, 0.15) is 27.7 Å². The minimum atomic E-state index is -0.398. The van der Waals surface area contributed by atoms with Crippen LogP contribution < -0.4 is 0 Å². The van der Waals surface area contributed by atoms with Crippen LogP contribution in [-0.4, -0.2) is 17.5 Å². The molecule has 13 heavy (non-hydrogen) atoms. The number of rotatable bonds is 1. The predicted molar refractivity (Wildman–Crippen MR) is 48.9 cm³/mol. The Balaban J connectivity index is 2.72. The molecular weight excluding hydrogens is 166 g/mol. The Hall–Kier alpha value is -0.850. The lowest BCUT2D eigenvalue weighted by Gasteiger charge is -2.30. The molecule has 1 rings (SSSR count).